The topological polar surface area (TPSA) is 46.2 Å². The molecule has 0 bridgehead atoms. The van der Waals surface area contributed by atoms with E-state index in [1.165, 1.54) is 19.3 Å². The highest BCUT2D eigenvalue weighted by Crippen LogP contribution is 2.33. The first-order chi connectivity index (χ1) is 7.09. The van der Waals surface area contributed by atoms with E-state index in [2.05, 4.69) is 4.72 Å². The molecule has 1 N–H and O–H groups in total. The summed E-state index contributed by atoms with van der Waals surface area (Å²) in [7, 11) is -3.02. The lowest BCUT2D eigenvalue weighted by Crippen LogP contribution is -2.48. The Labute approximate surface area is 92.7 Å². The molecule has 2 rings (SSSR count). The number of rotatable bonds is 1. The Kier molecular flexibility index (Phi) is 3.36. The molecule has 0 spiro atoms. The molecule has 0 aromatic rings. The maximum absolute atomic E-state index is 12.0. The van der Waals surface area contributed by atoms with Crippen molar-refractivity contribution >= 4 is 10.0 Å². The van der Waals surface area contributed by atoms with E-state index in [1.54, 1.807) is 0 Å². The van der Waals surface area contributed by atoms with E-state index in [0.717, 1.165) is 25.7 Å². The van der Waals surface area contributed by atoms with Gasteiger partial charge < -0.3 is 0 Å². The molecule has 0 amide bonds. The SMILES string of the molecule is C[C@H]1CC[C@H](C2CCCCC2)S(=O)(=O)N1. The number of hydrogen-bond acceptors (Lipinski definition) is 2. The predicted molar refractivity (Wildman–Crippen MR) is 61.1 cm³/mol. The summed E-state index contributed by atoms with van der Waals surface area (Å²) in [6, 6.07) is 0.134. The molecule has 1 heterocycles. The van der Waals surface area contributed by atoms with Gasteiger partial charge in [-0.1, -0.05) is 19.3 Å². The Bertz CT molecular complexity index is 307. The predicted octanol–water partition coefficient (Wildman–Crippen LogP) is 2.04. The lowest BCUT2D eigenvalue weighted by Gasteiger charge is -2.34. The van der Waals surface area contributed by atoms with Crippen LogP contribution in [0.3, 0.4) is 0 Å². The number of sulfonamides is 1. The lowest BCUT2D eigenvalue weighted by molar-refractivity contribution is 0.313. The first kappa shape index (κ1) is 11.4. The van der Waals surface area contributed by atoms with Gasteiger partial charge in [0.2, 0.25) is 10.0 Å². The van der Waals surface area contributed by atoms with Crippen molar-refractivity contribution in [2.45, 2.75) is 63.2 Å². The van der Waals surface area contributed by atoms with Crippen molar-refractivity contribution in [2.75, 3.05) is 0 Å². The van der Waals surface area contributed by atoms with E-state index in [9.17, 15) is 8.42 Å². The van der Waals surface area contributed by atoms with Crippen LogP contribution in [0.15, 0.2) is 0 Å². The molecule has 2 fully saturated rings. The summed E-state index contributed by atoms with van der Waals surface area (Å²) < 4.78 is 26.7. The van der Waals surface area contributed by atoms with Crippen LogP contribution in [0.25, 0.3) is 0 Å². The third-order valence-corrected chi connectivity index (χ3v) is 5.97. The van der Waals surface area contributed by atoms with Crippen LogP contribution in [0.2, 0.25) is 0 Å². The fraction of sp³-hybridized carbons (Fsp3) is 1.00. The first-order valence-corrected chi connectivity index (χ1v) is 7.65. The molecule has 1 saturated carbocycles. The van der Waals surface area contributed by atoms with Crippen molar-refractivity contribution in [3.8, 4) is 0 Å². The van der Waals surface area contributed by atoms with Crippen LogP contribution in [-0.4, -0.2) is 19.7 Å². The van der Waals surface area contributed by atoms with E-state index in [-0.39, 0.29) is 11.3 Å². The quantitative estimate of drug-likeness (QED) is 0.750. The second kappa shape index (κ2) is 4.42. The first-order valence-electron chi connectivity index (χ1n) is 6.11. The van der Waals surface area contributed by atoms with Crippen molar-refractivity contribution < 1.29 is 8.42 Å². The van der Waals surface area contributed by atoms with Crippen molar-refractivity contribution in [3.63, 3.8) is 0 Å². The number of hydrogen-bond donors (Lipinski definition) is 1. The van der Waals surface area contributed by atoms with E-state index in [4.69, 9.17) is 0 Å². The van der Waals surface area contributed by atoms with E-state index < -0.39 is 10.0 Å². The van der Waals surface area contributed by atoms with Crippen LogP contribution in [0, 0.1) is 5.92 Å². The Morgan fingerprint density at radius 1 is 1.00 bits per heavy atom. The molecule has 2 atom stereocenters. The molecule has 3 nitrogen and oxygen atoms in total. The van der Waals surface area contributed by atoms with Gasteiger partial charge in [-0.25, -0.2) is 13.1 Å². The van der Waals surface area contributed by atoms with Gasteiger partial charge in [0, 0.05) is 6.04 Å². The third-order valence-electron chi connectivity index (χ3n) is 3.82. The maximum atomic E-state index is 12.0. The average Bonchev–Trinajstić information content (AvgIpc) is 2.17. The second-order valence-corrected chi connectivity index (χ2v) is 7.01. The summed E-state index contributed by atoms with van der Waals surface area (Å²) >= 11 is 0. The normalized spacial score (nSPS) is 37.7. The Hall–Kier alpha value is -0.0900. The summed E-state index contributed by atoms with van der Waals surface area (Å²) in [6.45, 7) is 1.95. The van der Waals surface area contributed by atoms with Crippen molar-refractivity contribution in [2.24, 2.45) is 5.92 Å². The van der Waals surface area contributed by atoms with Gasteiger partial charge in [-0.2, -0.15) is 0 Å². The standard InChI is InChI=1S/C11H21NO2S/c1-9-7-8-11(15(13,14)12-9)10-5-3-2-4-6-10/h9-12H,2-8H2,1H3/t9-,11+/m0/s1. The van der Waals surface area contributed by atoms with Gasteiger partial charge in [0.1, 0.15) is 0 Å². The summed E-state index contributed by atoms with van der Waals surface area (Å²) in [6.07, 6.45) is 7.80. The summed E-state index contributed by atoms with van der Waals surface area (Å²) in [5.41, 5.74) is 0. The highest BCUT2D eigenvalue weighted by molar-refractivity contribution is 7.90. The van der Waals surface area contributed by atoms with Crippen LogP contribution in [-0.2, 0) is 10.0 Å². The van der Waals surface area contributed by atoms with Crippen LogP contribution < -0.4 is 4.72 Å². The van der Waals surface area contributed by atoms with E-state index in [0.29, 0.717) is 5.92 Å². The molecule has 2 aliphatic rings. The van der Waals surface area contributed by atoms with Crippen molar-refractivity contribution in [1.29, 1.82) is 0 Å². The van der Waals surface area contributed by atoms with E-state index in [1.807, 2.05) is 6.92 Å². The van der Waals surface area contributed by atoms with Gasteiger partial charge in [-0.3, -0.25) is 0 Å². The molecule has 0 aromatic carbocycles. The van der Waals surface area contributed by atoms with Gasteiger partial charge in [0.15, 0.2) is 0 Å². The van der Waals surface area contributed by atoms with Gasteiger partial charge in [-0.05, 0) is 38.5 Å². The average molecular weight is 231 g/mol. The fourth-order valence-electron chi connectivity index (χ4n) is 2.99. The highest BCUT2D eigenvalue weighted by Gasteiger charge is 2.37. The van der Waals surface area contributed by atoms with Crippen LogP contribution >= 0.6 is 0 Å². The molecular weight excluding hydrogens is 210 g/mol. The molecule has 1 saturated heterocycles. The van der Waals surface area contributed by atoms with Gasteiger partial charge in [-0.15, -0.1) is 0 Å². The zero-order chi connectivity index (χ0) is 10.9. The monoisotopic (exact) mass is 231 g/mol. The Morgan fingerprint density at radius 2 is 1.67 bits per heavy atom. The zero-order valence-corrected chi connectivity index (χ0v) is 10.2. The Morgan fingerprint density at radius 3 is 2.27 bits per heavy atom. The number of nitrogens with one attached hydrogen (secondary N) is 1. The van der Waals surface area contributed by atoms with Crippen molar-refractivity contribution in [3.05, 3.63) is 0 Å². The molecular formula is C11H21NO2S. The minimum absolute atomic E-state index is 0.103. The molecule has 1 aliphatic heterocycles. The maximum Gasteiger partial charge on any atom is 0.214 e. The van der Waals surface area contributed by atoms with Gasteiger partial charge in [0.25, 0.3) is 0 Å². The zero-order valence-electron chi connectivity index (χ0n) is 9.41. The molecule has 1 aliphatic carbocycles. The highest BCUT2D eigenvalue weighted by atomic mass is 32.2. The van der Waals surface area contributed by atoms with Crippen LogP contribution in [0.4, 0.5) is 0 Å². The van der Waals surface area contributed by atoms with Crippen LogP contribution in [0.1, 0.15) is 51.9 Å². The minimum atomic E-state index is -3.02. The van der Waals surface area contributed by atoms with Crippen molar-refractivity contribution in [1.82, 2.24) is 4.72 Å². The summed E-state index contributed by atoms with van der Waals surface area (Å²) in [5.74, 6) is 0.420. The van der Waals surface area contributed by atoms with Crippen LogP contribution in [0.5, 0.6) is 0 Å². The fourth-order valence-corrected chi connectivity index (χ4v) is 5.07. The molecule has 88 valence electrons. The lowest BCUT2D eigenvalue weighted by atomic mass is 9.85. The van der Waals surface area contributed by atoms with Gasteiger partial charge in [0.05, 0.1) is 5.25 Å². The third kappa shape index (κ3) is 2.53. The molecule has 0 unspecified atom stereocenters. The summed E-state index contributed by atoms with van der Waals surface area (Å²) in [4.78, 5) is 0. The Balaban J connectivity index is 2.07. The molecule has 0 radical (unpaired) electrons. The largest absolute Gasteiger partial charge is 0.214 e. The molecule has 15 heavy (non-hydrogen) atoms. The van der Waals surface area contributed by atoms with E-state index >= 15 is 0 Å². The minimum Gasteiger partial charge on any atom is -0.212 e. The molecule has 4 heteroatoms. The smallest absolute Gasteiger partial charge is 0.212 e. The summed E-state index contributed by atoms with van der Waals surface area (Å²) in [5, 5.41) is -0.103. The second-order valence-electron chi connectivity index (χ2n) is 5.08. The molecule has 0 aromatic heterocycles. The van der Waals surface area contributed by atoms with Gasteiger partial charge >= 0.3 is 0 Å².